The minimum Gasteiger partial charge on any atom is -0.384 e. The zero-order valence-electron chi connectivity index (χ0n) is 8.84. The van der Waals surface area contributed by atoms with Crippen LogP contribution in [-0.2, 0) is 11.2 Å². The molecule has 14 heavy (non-hydrogen) atoms. The van der Waals surface area contributed by atoms with Crippen LogP contribution in [0.25, 0.3) is 0 Å². The van der Waals surface area contributed by atoms with E-state index in [1.165, 1.54) is 0 Å². The number of hydrogen-bond donors (Lipinski definition) is 1. The Morgan fingerprint density at radius 2 is 1.93 bits per heavy atom. The molecule has 1 heterocycles. The van der Waals surface area contributed by atoms with Crippen molar-refractivity contribution in [1.82, 2.24) is 0 Å². The maximum Gasteiger partial charge on any atom is 0.139 e. The van der Waals surface area contributed by atoms with E-state index in [4.69, 9.17) is 0 Å². The van der Waals surface area contributed by atoms with Gasteiger partial charge in [0.1, 0.15) is 5.78 Å². The lowest BCUT2D eigenvalue weighted by molar-refractivity contribution is -0.118. The van der Waals surface area contributed by atoms with Crippen LogP contribution in [0.1, 0.15) is 25.8 Å². The molecule has 0 unspecified atom stereocenters. The zero-order chi connectivity index (χ0) is 10.4. The van der Waals surface area contributed by atoms with Crippen molar-refractivity contribution in [2.24, 2.45) is 0 Å². The normalized spacial score (nSPS) is 14.3. The summed E-state index contributed by atoms with van der Waals surface area (Å²) in [5.74, 6) is 0.326. The van der Waals surface area contributed by atoms with Gasteiger partial charge in [-0.3, -0.25) is 4.79 Å². The van der Waals surface area contributed by atoms with Gasteiger partial charge in [0.05, 0.1) is 0 Å². The SMILES string of the molecule is CC.O=C1CCNc2ccccc2C1. The summed E-state index contributed by atoms with van der Waals surface area (Å²) < 4.78 is 0. The number of hydrogen-bond acceptors (Lipinski definition) is 2. The summed E-state index contributed by atoms with van der Waals surface area (Å²) in [5.41, 5.74) is 2.24. The number of carbonyl (C=O) groups excluding carboxylic acids is 1. The number of Topliss-reactive ketones (excluding diaryl/α,β-unsaturated/α-hetero) is 1. The van der Waals surface area contributed by atoms with Crippen molar-refractivity contribution < 1.29 is 4.79 Å². The summed E-state index contributed by atoms with van der Waals surface area (Å²) in [4.78, 5) is 11.2. The van der Waals surface area contributed by atoms with Crippen molar-refractivity contribution >= 4 is 11.5 Å². The molecule has 0 atom stereocenters. The second-order valence-electron chi connectivity index (χ2n) is 3.05. The van der Waals surface area contributed by atoms with Crippen LogP contribution < -0.4 is 5.32 Å². The fourth-order valence-corrected chi connectivity index (χ4v) is 1.48. The molecule has 0 fully saturated rings. The van der Waals surface area contributed by atoms with E-state index < -0.39 is 0 Å². The predicted molar refractivity (Wildman–Crippen MR) is 59.6 cm³/mol. The quantitative estimate of drug-likeness (QED) is 0.683. The number of anilines is 1. The monoisotopic (exact) mass is 191 g/mol. The van der Waals surface area contributed by atoms with Crippen LogP contribution in [0.15, 0.2) is 24.3 Å². The molecule has 2 heteroatoms. The van der Waals surface area contributed by atoms with Crippen molar-refractivity contribution in [3.8, 4) is 0 Å². The van der Waals surface area contributed by atoms with Crippen molar-refractivity contribution in [3.05, 3.63) is 29.8 Å². The Kier molecular flexibility index (Phi) is 4.17. The van der Waals surface area contributed by atoms with Crippen molar-refractivity contribution in [2.45, 2.75) is 26.7 Å². The zero-order valence-corrected chi connectivity index (χ0v) is 8.84. The van der Waals surface area contributed by atoms with Crippen LogP contribution >= 0.6 is 0 Å². The number of fused-ring (bicyclic) bond motifs is 1. The highest BCUT2D eigenvalue weighted by atomic mass is 16.1. The van der Waals surface area contributed by atoms with E-state index in [0.717, 1.165) is 17.8 Å². The molecule has 1 aliphatic rings. The number of benzene rings is 1. The van der Waals surface area contributed by atoms with Gasteiger partial charge >= 0.3 is 0 Å². The molecule has 0 aliphatic carbocycles. The third-order valence-corrected chi connectivity index (χ3v) is 2.12. The van der Waals surface area contributed by atoms with E-state index in [1.54, 1.807) is 0 Å². The fourth-order valence-electron chi connectivity index (χ4n) is 1.48. The molecule has 1 aliphatic heterocycles. The minimum absolute atomic E-state index is 0.326. The second-order valence-corrected chi connectivity index (χ2v) is 3.05. The molecule has 1 aromatic carbocycles. The molecule has 0 saturated carbocycles. The van der Waals surface area contributed by atoms with Crippen LogP contribution in [0, 0.1) is 0 Å². The summed E-state index contributed by atoms with van der Waals surface area (Å²) in [6.45, 7) is 4.77. The molecule has 0 bridgehead atoms. The number of rotatable bonds is 0. The first-order chi connectivity index (χ1) is 6.86. The Morgan fingerprint density at radius 1 is 1.21 bits per heavy atom. The molecule has 0 radical (unpaired) electrons. The van der Waals surface area contributed by atoms with Gasteiger partial charge in [0.15, 0.2) is 0 Å². The topological polar surface area (TPSA) is 29.1 Å². The number of carbonyl (C=O) groups is 1. The van der Waals surface area contributed by atoms with Gasteiger partial charge in [-0.15, -0.1) is 0 Å². The van der Waals surface area contributed by atoms with E-state index >= 15 is 0 Å². The molecule has 2 nitrogen and oxygen atoms in total. The minimum atomic E-state index is 0.326. The van der Waals surface area contributed by atoms with Gasteiger partial charge in [-0.1, -0.05) is 32.0 Å². The van der Waals surface area contributed by atoms with Crippen molar-refractivity contribution in [1.29, 1.82) is 0 Å². The van der Waals surface area contributed by atoms with E-state index in [0.29, 0.717) is 18.6 Å². The van der Waals surface area contributed by atoms with Gasteiger partial charge in [0.2, 0.25) is 0 Å². The van der Waals surface area contributed by atoms with Crippen LogP contribution in [0.5, 0.6) is 0 Å². The highest BCUT2D eigenvalue weighted by molar-refractivity contribution is 5.84. The summed E-state index contributed by atoms with van der Waals surface area (Å²) in [7, 11) is 0. The van der Waals surface area contributed by atoms with Crippen molar-refractivity contribution in [2.75, 3.05) is 11.9 Å². The third-order valence-electron chi connectivity index (χ3n) is 2.12. The number of para-hydroxylation sites is 1. The molecular weight excluding hydrogens is 174 g/mol. The van der Waals surface area contributed by atoms with Crippen LogP contribution in [0.4, 0.5) is 5.69 Å². The van der Waals surface area contributed by atoms with E-state index in [9.17, 15) is 4.79 Å². The Balaban J connectivity index is 0.000000461. The highest BCUT2D eigenvalue weighted by Crippen LogP contribution is 2.18. The smallest absolute Gasteiger partial charge is 0.139 e. The molecular formula is C12H17NO. The average molecular weight is 191 g/mol. The molecule has 76 valence electrons. The van der Waals surface area contributed by atoms with Gasteiger partial charge in [0.25, 0.3) is 0 Å². The standard InChI is InChI=1S/C10H11NO.C2H6/c12-9-5-6-11-10-4-2-1-3-8(10)7-9;1-2/h1-4,11H,5-7H2;1-2H3. The molecule has 0 aromatic heterocycles. The van der Waals surface area contributed by atoms with Crippen LogP contribution in [0.2, 0.25) is 0 Å². The highest BCUT2D eigenvalue weighted by Gasteiger charge is 2.11. The molecule has 1 N–H and O–H groups in total. The molecule has 2 rings (SSSR count). The lowest BCUT2D eigenvalue weighted by Gasteiger charge is -2.04. The number of nitrogens with one attached hydrogen (secondary N) is 1. The van der Waals surface area contributed by atoms with Gasteiger partial charge in [-0.2, -0.15) is 0 Å². The van der Waals surface area contributed by atoms with Gasteiger partial charge in [-0.25, -0.2) is 0 Å². The Morgan fingerprint density at radius 3 is 2.71 bits per heavy atom. The maximum atomic E-state index is 11.2. The lowest BCUT2D eigenvalue weighted by Crippen LogP contribution is -2.03. The van der Waals surface area contributed by atoms with Crippen LogP contribution in [-0.4, -0.2) is 12.3 Å². The van der Waals surface area contributed by atoms with E-state index in [1.807, 2.05) is 38.1 Å². The third kappa shape index (κ3) is 2.59. The number of ketones is 1. The maximum absolute atomic E-state index is 11.2. The predicted octanol–water partition coefficient (Wildman–Crippen LogP) is 2.64. The van der Waals surface area contributed by atoms with E-state index in [-0.39, 0.29) is 0 Å². The van der Waals surface area contributed by atoms with Gasteiger partial charge in [0, 0.05) is 25.1 Å². The first-order valence-corrected chi connectivity index (χ1v) is 5.20. The largest absolute Gasteiger partial charge is 0.384 e. The fraction of sp³-hybridized carbons (Fsp3) is 0.417. The summed E-state index contributed by atoms with van der Waals surface area (Å²) in [5, 5.41) is 3.23. The first kappa shape index (κ1) is 10.8. The molecule has 0 amide bonds. The summed E-state index contributed by atoms with van der Waals surface area (Å²) in [6, 6.07) is 7.99. The molecule has 1 aromatic rings. The van der Waals surface area contributed by atoms with Crippen LogP contribution in [0.3, 0.4) is 0 Å². The Hall–Kier alpha value is -1.31. The second kappa shape index (κ2) is 5.43. The Bertz CT molecular complexity index is 307. The van der Waals surface area contributed by atoms with Crippen molar-refractivity contribution in [3.63, 3.8) is 0 Å². The van der Waals surface area contributed by atoms with Gasteiger partial charge < -0.3 is 5.32 Å². The van der Waals surface area contributed by atoms with Gasteiger partial charge in [-0.05, 0) is 11.6 Å². The Labute approximate surface area is 85.3 Å². The average Bonchev–Trinajstić information content (AvgIpc) is 2.41. The molecule has 0 saturated heterocycles. The summed E-state index contributed by atoms with van der Waals surface area (Å²) >= 11 is 0. The first-order valence-electron chi connectivity index (χ1n) is 5.20. The lowest BCUT2D eigenvalue weighted by atomic mass is 10.1. The van der Waals surface area contributed by atoms with E-state index in [2.05, 4.69) is 5.32 Å². The molecule has 0 spiro atoms. The summed E-state index contributed by atoms with van der Waals surface area (Å²) in [6.07, 6.45) is 1.23.